The molecule has 0 radical (unpaired) electrons. The van der Waals surface area contributed by atoms with Crippen LogP contribution in [0.5, 0.6) is 5.75 Å². The molecule has 210 valence electrons. The smallest absolute Gasteiger partial charge is 0.351 e. The fraction of sp³-hybridized carbons (Fsp3) is 0.606. The van der Waals surface area contributed by atoms with Crippen molar-refractivity contribution < 1.29 is 9.09 Å². The van der Waals surface area contributed by atoms with Crippen LogP contribution in [0.15, 0.2) is 36.4 Å². The Morgan fingerprint density at radius 3 is 1.84 bits per heavy atom. The van der Waals surface area contributed by atoms with Gasteiger partial charge in [-0.05, 0) is 51.6 Å². The lowest BCUT2D eigenvalue weighted by molar-refractivity contribution is 0.125. The first-order valence-electron chi connectivity index (χ1n) is 14.6. The number of rotatable bonds is 3. The number of nitrogens with zero attached hydrogens (tertiary/aromatic N) is 2. The molecule has 0 saturated carbocycles. The highest BCUT2D eigenvalue weighted by Gasteiger charge is 2.57. The molecule has 1 aliphatic heterocycles. The van der Waals surface area contributed by atoms with Crippen molar-refractivity contribution in [3.63, 3.8) is 0 Å². The largest absolute Gasteiger partial charge is 0.428 e. The lowest BCUT2D eigenvalue weighted by Crippen LogP contribution is -2.42. The lowest BCUT2D eigenvalue weighted by Gasteiger charge is -2.44. The van der Waals surface area contributed by atoms with Crippen LogP contribution >= 0.6 is 7.52 Å². The molecule has 1 unspecified atom stereocenters. The molecule has 0 bridgehead atoms. The summed E-state index contributed by atoms with van der Waals surface area (Å²) in [6, 6.07) is 12.3. The van der Waals surface area contributed by atoms with Crippen molar-refractivity contribution in [2.75, 3.05) is 0 Å². The Bertz CT molecular complexity index is 1320. The molecular weight excluding hydrogens is 487 g/mol. The van der Waals surface area contributed by atoms with Gasteiger partial charge in [0.2, 0.25) is 0 Å². The number of benzene rings is 2. The summed E-state index contributed by atoms with van der Waals surface area (Å²) in [7, 11) is -3.18. The predicted molar refractivity (Wildman–Crippen MR) is 165 cm³/mol. The average Bonchev–Trinajstić information content (AvgIpc) is 3.31. The minimum atomic E-state index is -3.18. The minimum absolute atomic E-state index is 0.000295. The van der Waals surface area contributed by atoms with Crippen molar-refractivity contribution in [1.29, 1.82) is 0 Å². The summed E-state index contributed by atoms with van der Waals surface area (Å²) in [5.74, 6) is 1.41. The minimum Gasteiger partial charge on any atom is -0.428 e. The van der Waals surface area contributed by atoms with Crippen molar-refractivity contribution in [1.82, 2.24) is 9.32 Å². The number of imidazole rings is 1. The van der Waals surface area contributed by atoms with Gasteiger partial charge in [-0.15, -0.1) is 0 Å². The molecule has 38 heavy (non-hydrogen) atoms. The Morgan fingerprint density at radius 1 is 0.842 bits per heavy atom. The standard InChI is InChI=1S/C25H31N2O2P.2C4H10/c1-15(2)30(28)27-20-14-18-17(23(3,4)25(7,8)24(18,5)6)13-19(20)26-22(27)16-11-9-10-12-21(16)29-30;2*1-3-4-2/h9-15H,1-8H3;2*3-4H2,1-2H3. The number of aromatic nitrogens is 2. The summed E-state index contributed by atoms with van der Waals surface area (Å²) in [5.41, 5.74) is 5.26. The van der Waals surface area contributed by atoms with Crippen molar-refractivity contribution in [3.05, 3.63) is 47.5 Å². The van der Waals surface area contributed by atoms with Crippen LogP contribution in [0, 0.1) is 5.41 Å². The van der Waals surface area contributed by atoms with E-state index in [2.05, 4.69) is 81.4 Å². The van der Waals surface area contributed by atoms with Gasteiger partial charge >= 0.3 is 7.52 Å². The van der Waals surface area contributed by atoms with Crippen LogP contribution in [-0.2, 0) is 15.4 Å². The van der Waals surface area contributed by atoms with E-state index < -0.39 is 7.52 Å². The summed E-state index contributed by atoms with van der Waals surface area (Å²) < 4.78 is 22.3. The van der Waals surface area contributed by atoms with Gasteiger partial charge in [-0.2, -0.15) is 0 Å². The monoisotopic (exact) mass is 538 g/mol. The van der Waals surface area contributed by atoms with Crippen LogP contribution in [-0.4, -0.2) is 15.0 Å². The van der Waals surface area contributed by atoms with Gasteiger partial charge in [0, 0.05) is 0 Å². The second-order valence-corrected chi connectivity index (χ2v) is 15.5. The molecule has 0 fully saturated rings. The van der Waals surface area contributed by atoms with Crippen LogP contribution in [0.25, 0.3) is 22.4 Å². The summed E-state index contributed by atoms with van der Waals surface area (Å²) in [5, 5.41) is 0. The van der Waals surface area contributed by atoms with Gasteiger partial charge in [0.05, 0.1) is 22.3 Å². The first kappa shape index (κ1) is 30.5. The van der Waals surface area contributed by atoms with E-state index in [1.165, 1.54) is 36.8 Å². The van der Waals surface area contributed by atoms with E-state index in [-0.39, 0.29) is 21.9 Å². The van der Waals surface area contributed by atoms with Crippen LogP contribution < -0.4 is 4.52 Å². The molecule has 2 aliphatic rings. The molecule has 0 N–H and O–H groups in total. The topological polar surface area (TPSA) is 44.1 Å². The zero-order chi connectivity index (χ0) is 28.7. The van der Waals surface area contributed by atoms with Gasteiger partial charge in [-0.3, -0.25) is 4.57 Å². The quantitative estimate of drug-likeness (QED) is 0.312. The number of hydrogen-bond donors (Lipinski definition) is 0. The molecule has 0 spiro atoms. The second-order valence-electron chi connectivity index (χ2n) is 12.8. The third kappa shape index (κ3) is 4.55. The normalized spacial score (nSPS) is 21.3. The number of unbranched alkanes of at least 4 members (excludes halogenated alkanes) is 2. The van der Waals surface area contributed by atoms with Crippen molar-refractivity contribution in [2.24, 2.45) is 5.41 Å². The first-order valence-corrected chi connectivity index (χ1v) is 16.3. The van der Waals surface area contributed by atoms with E-state index in [9.17, 15) is 4.57 Å². The van der Waals surface area contributed by atoms with E-state index in [1.807, 2.05) is 42.5 Å². The third-order valence-electron chi connectivity index (χ3n) is 9.53. The third-order valence-corrected chi connectivity index (χ3v) is 12.3. The molecule has 4 nitrogen and oxygen atoms in total. The van der Waals surface area contributed by atoms with Crippen molar-refractivity contribution in [3.8, 4) is 17.1 Å². The zero-order valence-electron chi connectivity index (χ0n) is 26.0. The Labute approximate surface area is 232 Å². The lowest BCUT2D eigenvalue weighted by atomic mass is 9.59. The maximum absolute atomic E-state index is 14.2. The Kier molecular flexibility index (Phi) is 8.69. The highest BCUT2D eigenvalue weighted by Crippen LogP contribution is 2.64. The molecule has 1 aromatic heterocycles. The molecule has 1 aliphatic carbocycles. The van der Waals surface area contributed by atoms with Crippen LogP contribution in [0.1, 0.15) is 120 Å². The van der Waals surface area contributed by atoms with Crippen molar-refractivity contribution >= 4 is 18.6 Å². The zero-order valence-corrected chi connectivity index (χ0v) is 26.9. The van der Waals surface area contributed by atoms with Gasteiger partial charge in [0.1, 0.15) is 5.75 Å². The summed E-state index contributed by atoms with van der Waals surface area (Å²) >= 11 is 0. The Balaban J connectivity index is 0.000000443. The van der Waals surface area contributed by atoms with Gasteiger partial charge in [-0.1, -0.05) is 121 Å². The van der Waals surface area contributed by atoms with Gasteiger partial charge in [0.25, 0.3) is 0 Å². The maximum atomic E-state index is 14.2. The Hall–Kier alpha value is -2.06. The van der Waals surface area contributed by atoms with E-state index in [4.69, 9.17) is 9.51 Å². The summed E-state index contributed by atoms with van der Waals surface area (Å²) in [4.78, 5) is 5.02. The second kappa shape index (κ2) is 10.8. The molecule has 5 heteroatoms. The van der Waals surface area contributed by atoms with Crippen molar-refractivity contribution in [2.45, 2.75) is 125 Å². The molecule has 0 amide bonds. The first-order chi connectivity index (χ1) is 17.7. The SMILES string of the molecule is CC(C)P1(=O)Oc2ccccc2-c2nc3cc4c(cc3n21)C(C)(C)C(C)(C)C4(C)C.CCCC.CCCC. The number of hydrogen-bond acceptors (Lipinski definition) is 3. The highest BCUT2D eigenvalue weighted by molar-refractivity contribution is 7.59. The molecule has 3 aromatic rings. The van der Waals surface area contributed by atoms with E-state index in [1.54, 1.807) is 0 Å². The van der Waals surface area contributed by atoms with Gasteiger partial charge in [-0.25, -0.2) is 9.32 Å². The summed E-state index contributed by atoms with van der Waals surface area (Å²) in [6.07, 6.45) is 5.28. The van der Waals surface area contributed by atoms with Crippen LogP contribution in [0.3, 0.4) is 0 Å². The van der Waals surface area contributed by atoms with Crippen LogP contribution in [0.2, 0.25) is 0 Å². The fourth-order valence-electron chi connectivity index (χ4n) is 5.31. The molecule has 2 aromatic carbocycles. The highest BCUT2D eigenvalue weighted by atomic mass is 31.2. The molecule has 1 atom stereocenters. The molecule has 5 rings (SSSR count). The average molecular weight is 539 g/mol. The van der Waals surface area contributed by atoms with Gasteiger partial charge < -0.3 is 4.52 Å². The van der Waals surface area contributed by atoms with E-state index in [0.717, 1.165) is 22.4 Å². The fourth-order valence-corrected chi connectivity index (χ4v) is 7.38. The number of fused-ring (bicyclic) bond motifs is 6. The molecular formula is C33H51N2O2P. The van der Waals surface area contributed by atoms with E-state index in [0.29, 0.717) is 5.75 Å². The predicted octanol–water partition coefficient (Wildman–Crippen LogP) is 10.8. The van der Waals surface area contributed by atoms with Crippen LogP contribution in [0.4, 0.5) is 0 Å². The van der Waals surface area contributed by atoms with E-state index >= 15 is 0 Å². The molecule has 0 saturated heterocycles. The molecule has 2 heterocycles. The summed E-state index contributed by atoms with van der Waals surface area (Å²) in [6.45, 7) is 26.7. The Morgan fingerprint density at radius 2 is 1.34 bits per heavy atom. The maximum Gasteiger partial charge on any atom is 0.351 e. The number of para-hydroxylation sites is 1. The van der Waals surface area contributed by atoms with Gasteiger partial charge in [0.15, 0.2) is 5.82 Å².